The minimum absolute atomic E-state index is 0. The van der Waals surface area contributed by atoms with E-state index in [4.69, 9.17) is 9.47 Å². The molecular formula is C19H25Cl2N3O3S. The standard InChI is InChI=1S/C19H23N3O3S.2ClH/c1-19(4-6-20-7-5-19)12-21-17(23)14-11-26-18(22-14)13-2-3-15-16(10-13)25-9-8-24-15;;/h2-3,10-11,20H,4-9,12H2,1H3,(H,21,23);2*1H. The number of rotatable bonds is 4. The number of nitrogens with one attached hydrogen (secondary N) is 2. The van der Waals surface area contributed by atoms with Crippen molar-refractivity contribution in [1.82, 2.24) is 15.6 Å². The second kappa shape index (κ2) is 9.78. The summed E-state index contributed by atoms with van der Waals surface area (Å²) in [6.07, 6.45) is 2.15. The van der Waals surface area contributed by atoms with Crippen molar-refractivity contribution in [3.05, 3.63) is 29.3 Å². The van der Waals surface area contributed by atoms with E-state index in [-0.39, 0.29) is 36.1 Å². The number of benzene rings is 1. The maximum absolute atomic E-state index is 12.5. The first kappa shape index (κ1) is 22.7. The SMILES string of the molecule is CC1(CNC(=O)c2csc(-c3ccc4c(c3)OCCO4)n2)CCNCC1.Cl.Cl. The molecule has 28 heavy (non-hydrogen) atoms. The number of thiazole rings is 1. The van der Waals surface area contributed by atoms with Crippen LogP contribution < -0.4 is 20.1 Å². The van der Waals surface area contributed by atoms with E-state index in [2.05, 4.69) is 22.5 Å². The summed E-state index contributed by atoms with van der Waals surface area (Å²) in [6.45, 7) is 6.06. The third-order valence-corrected chi connectivity index (χ3v) is 5.90. The Morgan fingerprint density at radius 1 is 1.21 bits per heavy atom. The van der Waals surface area contributed by atoms with E-state index in [0.717, 1.165) is 48.0 Å². The summed E-state index contributed by atoms with van der Waals surface area (Å²) in [5.41, 5.74) is 1.57. The first-order valence-corrected chi connectivity index (χ1v) is 9.85. The molecule has 0 saturated carbocycles. The molecule has 0 bridgehead atoms. The van der Waals surface area contributed by atoms with Crippen molar-refractivity contribution in [1.29, 1.82) is 0 Å². The molecule has 1 saturated heterocycles. The minimum atomic E-state index is -0.107. The van der Waals surface area contributed by atoms with Gasteiger partial charge in [0, 0.05) is 17.5 Å². The van der Waals surface area contributed by atoms with Gasteiger partial charge in [0.2, 0.25) is 0 Å². The molecular weight excluding hydrogens is 421 g/mol. The third-order valence-electron chi connectivity index (χ3n) is 5.01. The van der Waals surface area contributed by atoms with Gasteiger partial charge in [-0.15, -0.1) is 36.2 Å². The molecule has 0 aliphatic carbocycles. The predicted molar refractivity (Wildman–Crippen MR) is 116 cm³/mol. The summed E-state index contributed by atoms with van der Waals surface area (Å²) < 4.78 is 11.2. The van der Waals surface area contributed by atoms with E-state index in [1.807, 2.05) is 23.6 Å². The lowest BCUT2D eigenvalue weighted by molar-refractivity contribution is 0.0918. The van der Waals surface area contributed by atoms with Gasteiger partial charge in [-0.25, -0.2) is 4.98 Å². The van der Waals surface area contributed by atoms with Crippen molar-refractivity contribution in [2.24, 2.45) is 5.41 Å². The largest absolute Gasteiger partial charge is 0.486 e. The van der Waals surface area contributed by atoms with Gasteiger partial charge in [0.15, 0.2) is 11.5 Å². The molecule has 154 valence electrons. The zero-order valence-corrected chi connectivity index (χ0v) is 18.1. The zero-order chi connectivity index (χ0) is 18.0. The molecule has 1 aromatic heterocycles. The number of carbonyl (C=O) groups excluding carboxylic acids is 1. The number of piperidine rings is 1. The van der Waals surface area contributed by atoms with Gasteiger partial charge < -0.3 is 20.1 Å². The van der Waals surface area contributed by atoms with E-state index in [0.29, 0.717) is 25.5 Å². The zero-order valence-electron chi connectivity index (χ0n) is 15.7. The minimum Gasteiger partial charge on any atom is -0.486 e. The molecule has 0 unspecified atom stereocenters. The van der Waals surface area contributed by atoms with Crippen LogP contribution in [-0.4, -0.2) is 43.7 Å². The van der Waals surface area contributed by atoms with Gasteiger partial charge >= 0.3 is 0 Å². The Morgan fingerprint density at radius 3 is 2.68 bits per heavy atom. The molecule has 0 atom stereocenters. The Hall–Kier alpha value is -1.54. The number of amides is 1. The number of aromatic nitrogens is 1. The molecule has 4 rings (SSSR count). The fraction of sp³-hybridized carbons (Fsp3) is 0.474. The number of nitrogens with zero attached hydrogens (tertiary/aromatic N) is 1. The second-order valence-corrected chi connectivity index (χ2v) is 8.00. The van der Waals surface area contributed by atoms with Gasteiger partial charge in [0.05, 0.1) is 0 Å². The average Bonchev–Trinajstić information content (AvgIpc) is 3.17. The highest BCUT2D eigenvalue weighted by atomic mass is 35.5. The fourth-order valence-corrected chi connectivity index (χ4v) is 4.08. The monoisotopic (exact) mass is 445 g/mol. The van der Waals surface area contributed by atoms with Gasteiger partial charge in [-0.1, -0.05) is 6.92 Å². The third kappa shape index (κ3) is 5.08. The number of hydrogen-bond acceptors (Lipinski definition) is 6. The fourth-order valence-electron chi connectivity index (χ4n) is 3.28. The Morgan fingerprint density at radius 2 is 1.93 bits per heavy atom. The van der Waals surface area contributed by atoms with Gasteiger partial charge in [-0.3, -0.25) is 4.79 Å². The molecule has 6 nitrogen and oxygen atoms in total. The summed E-state index contributed by atoms with van der Waals surface area (Å²) in [5.74, 6) is 1.38. The highest BCUT2D eigenvalue weighted by Gasteiger charge is 2.27. The molecule has 2 aromatic rings. The van der Waals surface area contributed by atoms with Crippen molar-refractivity contribution < 1.29 is 14.3 Å². The predicted octanol–water partition coefficient (Wildman–Crippen LogP) is 3.54. The molecule has 0 radical (unpaired) electrons. The van der Waals surface area contributed by atoms with Gasteiger partial charge in [-0.05, 0) is 49.5 Å². The molecule has 0 spiro atoms. The van der Waals surface area contributed by atoms with Crippen LogP contribution in [-0.2, 0) is 0 Å². The average molecular weight is 446 g/mol. The van der Waals surface area contributed by atoms with Crippen LogP contribution in [0.3, 0.4) is 0 Å². The molecule has 9 heteroatoms. The smallest absolute Gasteiger partial charge is 0.270 e. The van der Waals surface area contributed by atoms with Crippen LogP contribution in [0, 0.1) is 5.41 Å². The summed E-state index contributed by atoms with van der Waals surface area (Å²) in [5, 5.41) is 9.03. The number of ether oxygens (including phenoxy) is 2. The first-order chi connectivity index (χ1) is 12.6. The van der Waals surface area contributed by atoms with Crippen LogP contribution in [0.1, 0.15) is 30.3 Å². The van der Waals surface area contributed by atoms with Crippen molar-refractivity contribution in [2.75, 3.05) is 32.8 Å². The van der Waals surface area contributed by atoms with E-state index < -0.39 is 0 Å². The van der Waals surface area contributed by atoms with Crippen molar-refractivity contribution in [3.8, 4) is 22.1 Å². The van der Waals surface area contributed by atoms with Crippen LogP contribution in [0.5, 0.6) is 11.5 Å². The van der Waals surface area contributed by atoms with E-state index in [1.165, 1.54) is 11.3 Å². The maximum Gasteiger partial charge on any atom is 0.270 e. The Labute approximate surface area is 181 Å². The molecule has 2 N–H and O–H groups in total. The summed E-state index contributed by atoms with van der Waals surface area (Å²) in [7, 11) is 0. The number of halogens is 2. The van der Waals surface area contributed by atoms with Crippen molar-refractivity contribution in [3.63, 3.8) is 0 Å². The number of fused-ring (bicyclic) bond motifs is 1. The summed E-state index contributed by atoms with van der Waals surface area (Å²) in [6, 6.07) is 5.76. The van der Waals surface area contributed by atoms with Crippen molar-refractivity contribution >= 4 is 42.1 Å². The Kier molecular flexibility index (Phi) is 7.95. The van der Waals surface area contributed by atoms with Gasteiger partial charge in [0.25, 0.3) is 5.91 Å². The van der Waals surface area contributed by atoms with Gasteiger partial charge in [-0.2, -0.15) is 0 Å². The van der Waals surface area contributed by atoms with E-state index in [1.54, 1.807) is 0 Å². The molecule has 1 amide bonds. The summed E-state index contributed by atoms with van der Waals surface area (Å²) in [4.78, 5) is 17.0. The van der Waals surface area contributed by atoms with Crippen LogP contribution in [0.25, 0.3) is 10.6 Å². The van der Waals surface area contributed by atoms with E-state index >= 15 is 0 Å². The highest BCUT2D eigenvalue weighted by molar-refractivity contribution is 7.13. The molecule has 3 heterocycles. The summed E-state index contributed by atoms with van der Waals surface area (Å²) >= 11 is 1.46. The quantitative estimate of drug-likeness (QED) is 0.752. The van der Waals surface area contributed by atoms with Crippen LogP contribution in [0.15, 0.2) is 23.6 Å². The Balaban J connectivity index is 0.00000140. The lowest BCUT2D eigenvalue weighted by atomic mass is 9.81. The molecule has 2 aliphatic heterocycles. The van der Waals surface area contributed by atoms with E-state index in [9.17, 15) is 4.79 Å². The molecule has 2 aliphatic rings. The van der Waals surface area contributed by atoms with Crippen LogP contribution in [0.2, 0.25) is 0 Å². The lowest BCUT2D eigenvalue weighted by Crippen LogP contribution is -2.42. The van der Waals surface area contributed by atoms with Crippen LogP contribution >= 0.6 is 36.2 Å². The molecule has 1 aromatic carbocycles. The Bertz CT molecular complexity index is 809. The van der Waals surface area contributed by atoms with Crippen LogP contribution in [0.4, 0.5) is 0 Å². The topological polar surface area (TPSA) is 72.5 Å². The maximum atomic E-state index is 12.5. The normalized spacial score (nSPS) is 17.0. The first-order valence-electron chi connectivity index (χ1n) is 8.97. The molecule has 1 fully saturated rings. The van der Waals surface area contributed by atoms with Crippen molar-refractivity contribution in [2.45, 2.75) is 19.8 Å². The number of hydrogen-bond donors (Lipinski definition) is 2. The lowest BCUT2D eigenvalue weighted by Gasteiger charge is -2.34. The highest BCUT2D eigenvalue weighted by Crippen LogP contribution is 2.35. The van der Waals surface area contributed by atoms with Gasteiger partial charge in [0.1, 0.15) is 23.9 Å². The second-order valence-electron chi connectivity index (χ2n) is 7.14. The number of carbonyl (C=O) groups is 1.